The zero-order chi connectivity index (χ0) is 12.4. The predicted molar refractivity (Wildman–Crippen MR) is 68.4 cm³/mol. The van der Waals surface area contributed by atoms with E-state index < -0.39 is 0 Å². The fourth-order valence-electron chi connectivity index (χ4n) is 1.04. The van der Waals surface area contributed by atoms with Crippen molar-refractivity contribution in [3.63, 3.8) is 0 Å². The van der Waals surface area contributed by atoms with Gasteiger partial charge in [-0.1, -0.05) is 19.9 Å². The summed E-state index contributed by atoms with van der Waals surface area (Å²) in [6.07, 6.45) is 3.50. The Kier molecular flexibility index (Phi) is 7.76. The molecule has 0 aliphatic carbocycles. The lowest BCUT2D eigenvalue weighted by Crippen LogP contribution is -1.71. The van der Waals surface area contributed by atoms with Gasteiger partial charge in [0.25, 0.3) is 0 Å². The van der Waals surface area contributed by atoms with Gasteiger partial charge in [-0.25, -0.2) is 4.98 Å². The Morgan fingerprint density at radius 2 is 1.50 bits per heavy atom. The van der Waals surface area contributed by atoms with Crippen molar-refractivity contribution in [2.45, 2.75) is 34.6 Å². The van der Waals surface area contributed by atoms with Crippen molar-refractivity contribution in [3.8, 4) is 0 Å². The molecule has 0 radical (unpaired) electrons. The molecule has 0 aliphatic heterocycles. The Morgan fingerprint density at radius 3 is 1.62 bits per heavy atom. The number of rotatable bonds is 0. The van der Waals surface area contributed by atoms with E-state index in [-0.39, 0.29) is 0 Å². The summed E-state index contributed by atoms with van der Waals surface area (Å²) >= 11 is 0. The van der Waals surface area contributed by atoms with Crippen LogP contribution < -0.4 is 0 Å². The quantitative estimate of drug-likeness (QED) is 0.737. The van der Waals surface area contributed by atoms with Crippen LogP contribution in [0.15, 0.2) is 30.6 Å². The molecule has 2 aromatic rings. The highest BCUT2D eigenvalue weighted by molar-refractivity contribution is 5.09. The lowest BCUT2D eigenvalue weighted by atomic mass is 10.4. The van der Waals surface area contributed by atoms with E-state index in [9.17, 15) is 0 Å². The molecule has 0 aromatic carbocycles. The topological polar surface area (TPSA) is 41.6 Å². The molecule has 3 heteroatoms. The van der Waals surface area contributed by atoms with E-state index in [0.717, 1.165) is 11.5 Å². The summed E-state index contributed by atoms with van der Waals surface area (Å²) in [4.78, 5) is 11.0. The van der Waals surface area contributed by atoms with Gasteiger partial charge in [-0.15, -0.1) is 0 Å². The number of H-pyrrole nitrogens is 1. The highest BCUT2D eigenvalue weighted by Gasteiger charge is 1.93. The Hall–Kier alpha value is -1.64. The van der Waals surface area contributed by atoms with Crippen LogP contribution in [0, 0.1) is 20.8 Å². The predicted octanol–water partition coefficient (Wildman–Crippen LogP) is 3.44. The summed E-state index contributed by atoms with van der Waals surface area (Å²) in [5.74, 6) is 1.00. The van der Waals surface area contributed by atoms with Crippen LogP contribution in [-0.4, -0.2) is 15.0 Å². The van der Waals surface area contributed by atoms with Gasteiger partial charge < -0.3 is 4.98 Å². The van der Waals surface area contributed by atoms with E-state index in [1.807, 2.05) is 52.8 Å². The Balaban J connectivity index is 0.000000251. The minimum Gasteiger partial charge on any atom is -0.346 e. The summed E-state index contributed by atoms with van der Waals surface area (Å²) in [6, 6.07) is 5.72. The van der Waals surface area contributed by atoms with Gasteiger partial charge in [-0.2, -0.15) is 0 Å². The van der Waals surface area contributed by atoms with Gasteiger partial charge in [0.15, 0.2) is 0 Å². The second-order valence-corrected chi connectivity index (χ2v) is 3.06. The number of nitrogens with one attached hydrogen (secondary N) is 1. The maximum absolute atomic E-state index is 4.16. The summed E-state index contributed by atoms with van der Waals surface area (Å²) in [5.41, 5.74) is 2.27. The van der Waals surface area contributed by atoms with Crippen molar-refractivity contribution in [3.05, 3.63) is 47.8 Å². The maximum atomic E-state index is 4.16. The smallest absolute Gasteiger partial charge is 0.103 e. The van der Waals surface area contributed by atoms with Gasteiger partial charge >= 0.3 is 0 Å². The molecule has 0 unspecified atom stereocenters. The van der Waals surface area contributed by atoms with Crippen LogP contribution in [0.2, 0.25) is 0 Å². The highest BCUT2D eigenvalue weighted by atomic mass is 14.9. The van der Waals surface area contributed by atoms with Crippen molar-refractivity contribution >= 4 is 0 Å². The Labute approximate surface area is 98.0 Å². The summed E-state index contributed by atoms with van der Waals surface area (Å²) in [7, 11) is 0. The molecule has 0 spiro atoms. The Bertz CT molecular complexity index is 320. The third kappa shape index (κ3) is 5.96. The van der Waals surface area contributed by atoms with Crippen LogP contribution >= 0.6 is 0 Å². The van der Waals surface area contributed by atoms with Crippen molar-refractivity contribution in [2.75, 3.05) is 0 Å². The van der Waals surface area contributed by atoms with Crippen molar-refractivity contribution in [1.82, 2.24) is 15.0 Å². The SMILES string of the molecule is CC.Cc1nc(C)c(C)[nH]1.c1ccncc1. The minimum atomic E-state index is 1.00. The number of nitrogens with zero attached hydrogens (tertiary/aromatic N) is 2. The molecule has 0 fully saturated rings. The molecule has 88 valence electrons. The van der Waals surface area contributed by atoms with Crippen LogP contribution in [0.3, 0.4) is 0 Å². The lowest BCUT2D eigenvalue weighted by Gasteiger charge is -1.79. The number of aromatic amines is 1. The van der Waals surface area contributed by atoms with Crippen molar-refractivity contribution in [2.24, 2.45) is 0 Å². The fourth-order valence-corrected chi connectivity index (χ4v) is 1.04. The normalized spacial score (nSPS) is 8.31. The average Bonchev–Trinajstić information content (AvgIpc) is 2.62. The van der Waals surface area contributed by atoms with Gasteiger partial charge in [-0.05, 0) is 32.9 Å². The van der Waals surface area contributed by atoms with Gasteiger partial charge in [0.1, 0.15) is 5.82 Å². The van der Waals surface area contributed by atoms with Crippen LogP contribution in [0.25, 0.3) is 0 Å². The summed E-state index contributed by atoms with van der Waals surface area (Å²) < 4.78 is 0. The first-order valence-electron chi connectivity index (χ1n) is 5.55. The molecular weight excluding hydrogens is 198 g/mol. The molecule has 2 aromatic heterocycles. The second kappa shape index (κ2) is 8.65. The van der Waals surface area contributed by atoms with Gasteiger partial charge in [0, 0.05) is 18.1 Å². The number of aryl methyl sites for hydroxylation is 3. The van der Waals surface area contributed by atoms with Gasteiger partial charge in [-0.3, -0.25) is 4.98 Å². The lowest BCUT2D eigenvalue weighted by molar-refractivity contribution is 1.12. The van der Waals surface area contributed by atoms with E-state index in [0.29, 0.717) is 0 Å². The first-order valence-corrected chi connectivity index (χ1v) is 5.55. The molecule has 0 saturated carbocycles. The molecule has 0 aliphatic rings. The standard InChI is InChI=1S/C6H10N2.C5H5N.C2H6/c1-4-5(2)8-6(3)7-4;1-2-4-6-5-3-1;1-2/h1-3H3,(H,7,8);1-5H;1-2H3. The van der Waals surface area contributed by atoms with E-state index >= 15 is 0 Å². The average molecular weight is 219 g/mol. The molecule has 3 nitrogen and oxygen atoms in total. The summed E-state index contributed by atoms with van der Waals surface area (Å²) in [5, 5.41) is 0. The molecule has 16 heavy (non-hydrogen) atoms. The molecule has 0 saturated heterocycles. The third-order valence-corrected chi connectivity index (χ3v) is 1.81. The number of imidazole rings is 1. The first kappa shape index (κ1) is 14.4. The van der Waals surface area contributed by atoms with Crippen LogP contribution in [-0.2, 0) is 0 Å². The zero-order valence-electron chi connectivity index (χ0n) is 10.8. The van der Waals surface area contributed by atoms with Crippen LogP contribution in [0.5, 0.6) is 0 Å². The van der Waals surface area contributed by atoms with E-state index in [1.54, 1.807) is 12.4 Å². The van der Waals surface area contributed by atoms with E-state index in [2.05, 4.69) is 15.0 Å². The number of hydrogen-bond donors (Lipinski definition) is 1. The van der Waals surface area contributed by atoms with Crippen molar-refractivity contribution in [1.29, 1.82) is 0 Å². The van der Waals surface area contributed by atoms with E-state index in [4.69, 9.17) is 0 Å². The molecular formula is C13H21N3. The number of aromatic nitrogens is 3. The van der Waals surface area contributed by atoms with Gasteiger partial charge in [0.2, 0.25) is 0 Å². The van der Waals surface area contributed by atoms with Crippen LogP contribution in [0.4, 0.5) is 0 Å². The number of pyridine rings is 1. The first-order chi connectivity index (χ1) is 7.70. The third-order valence-electron chi connectivity index (χ3n) is 1.81. The molecule has 2 heterocycles. The second-order valence-electron chi connectivity index (χ2n) is 3.06. The summed E-state index contributed by atoms with van der Waals surface area (Å²) in [6.45, 7) is 9.98. The zero-order valence-corrected chi connectivity index (χ0v) is 10.8. The molecule has 2 rings (SSSR count). The molecule has 0 amide bonds. The fraction of sp³-hybridized carbons (Fsp3) is 0.385. The van der Waals surface area contributed by atoms with Crippen LogP contribution in [0.1, 0.15) is 31.1 Å². The maximum Gasteiger partial charge on any atom is 0.103 e. The number of hydrogen-bond acceptors (Lipinski definition) is 2. The van der Waals surface area contributed by atoms with Crippen molar-refractivity contribution < 1.29 is 0 Å². The minimum absolute atomic E-state index is 1.00. The highest BCUT2D eigenvalue weighted by Crippen LogP contribution is 1.99. The van der Waals surface area contributed by atoms with E-state index in [1.165, 1.54) is 5.69 Å². The molecule has 1 N–H and O–H groups in total. The molecule has 0 atom stereocenters. The largest absolute Gasteiger partial charge is 0.346 e. The monoisotopic (exact) mass is 219 g/mol. The molecule has 0 bridgehead atoms. The Morgan fingerprint density at radius 1 is 0.938 bits per heavy atom. The van der Waals surface area contributed by atoms with Gasteiger partial charge in [0.05, 0.1) is 5.69 Å².